The summed E-state index contributed by atoms with van der Waals surface area (Å²) in [7, 11) is -2.25. The van der Waals surface area contributed by atoms with Gasteiger partial charge in [-0.15, -0.1) is 10.2 Å². The summed E-state index contributed by atoms with van der Waals surface area (Å²) in [6.45, 7) is 1.75. The van der Waals surface area contributed by atoms with Crippen LogP contribution in [0.5, 0.6) is 11.5 Å². The van der Waals surface area contributed by atoms with Crippen LogP contribution in [0.15, 0.2) is 47.4 Å². The number of anilines is 2. The van der Waals surface area contributed by atoms with Gasteiger partial charge in [0.15, 0.2) is 11.5 Å². The molecular weight excluding hydrogens is 420 g/mol. The Labute approximate surface area is 170 Å². The lowest BCUT2D eigenvalue weighted by molar-refractivity contribution is 0.0696. The molecule has 154 valence electrons. The molecule has 29 heavy (non-hydrogen) atoms. The molecule has 0 spiro atoms. The van der Waals surface area contributed by atoms with E-state index in [2.05, 4.69) is 14.9 Å². The molecule has 3 rings (SSSR count). The number of aryl methyl sites for hydroxylation is 1. The molecule has 0 radical (unpaired) electrons. The fourth-order valence-electron chi connectivity index (χ4n) is 1.97. The average Bonchev–Trinajstić information content (AvgIpc) is 3.06. The second-order valence-electron chi connectivity index (χ2n) is 5.49. The number of carboxylic acid groups (broad SMARTS) is 1. The number of sulfonamides is 1. The first kappa shape index (κ1) is 21.9. The zero-order valence-electron chi connectivity index (χ0n) is 15.4. The molecule has 3 aromatic rings. The number of carboxylic acids is 1. The third-order valence-corrected chi connectivity index (χ3v) is 5.60. The van der Waals surface area contributed by atoms with Crippen LogP contribution in [-0.2, 0) is 10.0 Å². The summed E-state index contributed by atoms with van der Waals surface area (Å²) >= 11 is 1.18. The van der Waals surface area contributed by atoms with Crippen molar-refractivity contribution in [1.82, 2.24) is 10.2 Å². The SMILES string of the molecule is COc1cc(C(=O)O)ccc1O.Cc1nnc(NS(=O)(=O)c2ccc(N)cc2)s1. The van der Waals surface area contributed by atoms with Gasteiger partial charge >= 0.3 is 5.97 Å². The van der Waals surface area contributed by atoms with Gasteiger partial charge in [0.25, 0.3) is 10.0 Å². The number of aromatic nitrogens is 2. The average molecular weight is 438 g/mol. The molecule has 0 atom stereocenters. The maximum atomic E-state index is 11.9. The smallest absolute Gasteiger partial charge is 0.335 e. The highest BCUT2D eigenvalue weighted by Gasteiger charge is 2.15. The van der Waals surface area contributed by atoms with E-state index >= 15 is 0 Å². The molecule has 0 aliphatic rings. The number of benzene rings is 2. The minimum absolute atomic E-state index is 0.0671. The lowest BCUT2D eigenvalue weighted by Crippen LogP contribution is -2.12. The molecule has 0 saturated heterocycles. The molecule has 2 aromatic carbocycles. The monoisotopic (exact) mass is 438 g/mol. The lowest BCUT2D eigenvalue weighted by Gasteiger charge is -2.04. The molecule has 0 aliphatic heterocycles. The first-order chi connectivity index (χ1) is 13.6. The summed E-state index contributed by atoms with van der Waals surface area (Å²) in [5, 5.41) is 26.0. The molecule has 0 unspecified atom stereocenters. The number of aromatic hydroxyl groups is 1. The summed E-state index contributed by atoms with van der Waals surface area (Å²) in [6.07, 6.45) is 0. The van der Waals surface area contributed by atoms with E-state index in [-0.39, 0.29) is 27.1 Å². The lowest BCUT2D eigenvalue weighted by atomic mass is 10.2. The Hall–Kier alpha value is -3.38. The molecule has 12 heteroatoms. The summed E-state index contributed by atoms with van der Waals surface area (Å²) < 4.78 is 30.9. The second-order valence-corrected chi connectivity index (χ2v) is 8.36. The number of rotatable bonds is 5. The van der Waals surface area contributed by atoms with Crippen molar-refractivity contribution in [2.24, 2.45) is 0 Å². The van der Waals surface area contributed by atoms with Crippen molar-refractivity contribution in [3.63, 3.8) is 0 Å². The molecule has 1 aromatic heterocycles. The number of phenolic OH excluding ortho intramolecular Hbond substituents is 1. The van der Waals surface area contributed by atoms with Crippen LogP contribution in [0.25, 0.3) is 0 Å². The first-order valence-corrected chi connectivity index (χ1v) is 10.2. The Morgan fingerprint density at radius 2 is 1.83 bits per heavy atom. The minimum Gasteiger partial charge on any atom is -0.504 e. The fourth-order valence-corrected chi connectivity index (χ4v) is 3.79. The Morgan fingerprint density at radius 1 is 1.17 bits per heavy atom. The number of nitrogens with one attached hydrogen (secondary N) is 1. The number of phenols is 1. The number of nitrogen functional groups attached to an aromatic ring is 1. The van der Waals surface area contributed by atoms with Crippen molar-refractivity contribution >= 4 is 38.1 Å². The number of hydrogen-bond donors (Lipinski definition) is 4. The maximum absolute atomic E-state index is 11.9. The van der Waals surface area contributed by atoms with Gasteiger partial charge in [-0.1, -0.05) is 11.3 Å². The molecule has 0 saturated carbocycles. The molecule has 0 bridgehead atoms. The van der Waals surface area contributed by atoms with Crippen LogP contribution < -0.4 is 15.2 Å². The van der Waals surface area contributed by atoms with Gasteiger partial charge in [0.2, 0.25) is 5.13 Å². The van der Waals surface area contributed by atoms with Gasteiger partial charge in [0.05, 0.1) is 17.6 Å². The van der Waals surface area contributed by atoms with E-state index < -0.39 is 16.0 Å². The highest BCUT2D eigenvalue weighted by Crippen LogP contribution is 2.26. The zero-order chi connectivity index (χ0) is 21.6. The Balaban J connectivity index is 0.000000221. The third-order valence-electron chi connectivity index (χ3n) is 3.36. The van der Waals surface area contributed by atoms with Crippen molar-refractivity contribution in [2.45, 2.75) is 11.8 Å². The van der Waals surface area contributed by atoms with Gasteiger partial charge in [-0.2, -0.15) is 0 Å². The van der Waals surface area contributed by atoms with Gasteiger partial charge in [-0.25, -0.2) is 13.2 Å². The van der Waals surface area contributed by atoms with Gasteiger partial charge in [-0.3, -0.25) is 4.72 Å². The molecule has 10 nitrogen and oxygen atoms in total. The van der Waals surface area contributed by atoms with E-state index in [0.29, 0.717) is 10.7 Å². The first-order valence-electron chi connectivity index (χ1n) is 7.91. The topological polar surface area (TPSA) is 165 Å². The van der Waals surface area contributed by atoms with Gasteiger partial charge in [0, 0.05) is 5.69 Å². The number of hydrogen-bond acceptors (Lipinski definition) is 9. The summed E-state index contributed by atoms with van der Waals surface area (Å²) in [5.74, 6) is -0.953. The number of methoxy groups -OCH3 is 1. The van der Waals surface area contributed by atoms with Gasteiger partial charge in [0.1, 0.15) is 5.01 Å². The Kier molecular flexibility index (Phi) is 6.96. The van der Waals surface area contributed by atoms with Crippen LogP contribution >= 0.6 is 11.3 Å². The van der Waals surface area contributed by atoms with Crippen molar-refractivity contribution in [2.75, 3.05) is 17.6 Å². The van der Waals surface area contributed by atoms with Crippen LogP contribution in [0.3, 0.4) is 0 Å². The second kappa shape index (κ2) is 9.21. The quantitative estimate of drug-likeness (QED) is 0.437. The van der Waals surface area contributed by atoms with E-state index in [0.717, 1.165) is 0 Å². The molecule has 0 aliphatic carbocycles. The molecular formula is C17H18N4O6S2. The minimum atomic E-state index is -3.61. The van der Waals surface area contributed by atoms with Crippen molar-refractivity contribution in [3.05, 3.63) is 53.0 Å². The Bertz CT molecular complexity index is 1100. The van der Waals surface area contributed by atoms with Crippen molar-refractivity contribution in [3.8, 4) is 11.5 Å². The van der Waals surface area contributed by atoms with Crippen LogP contribution in [0.2, 0.25) is 0 Å². The third kappa shape index (κ3) is 6.05. The number of nitrogens with two attached hydrogens (primary N) is 1. The van der Waals surface area contributed by atoms with Crippen molar-refractivity contribution in [1.29, 1.82) is 0 Å². The van der Waals surface area contributed by atoms with Crippen LogP contribution in [-0.4, -0.2) is 41.9 Å². The Morgan fingerprint density at radius 3 is 2.34 bits per heavy atom. The summed E-state index contributed by atoms with van der Waals surface area (Å²) in [6, 6.07) is 9.77. The molecule has 5 N–H and O–H groups in total. The molecule has 0 amide bonds. The predicted octanol–water partition coefficient (Wildman–Crippen LogP) is 2.33. The normalized spacial score (nSPS) is 10.6. The van der Waals surface area contributed by atoms with Crippen LogP contribution in [0.1, 0.15) is 15.4 Å². The van der Waals surface area contributed by atoms with E-state index in [1.165, 1.54) is 60.9 Å². The highest BCUT2D eigenvalue weighted by molar-refractivity contribution is 7.93. The number of aromatic carboxylic acids is 1. The zero-order valence-corrected chi connectivity index (χ0v) is 17.0. The number of ether oxygens (including phenoxy) is 1. The summed E-state index contributed by atoms with van der Waals surface area (Å²) in [4.78, 5) is 10.6. The fraction of sp³-hybridized carbons (Fsp3) is 0.118. The van der Waals surface area contributed by atoms with E-state index in [1.54, 1.807) is 6.92 Å². The van der Waals surface area contributed by atoms with Crippen LogP contribution in [0, 0.1) is 6.92 Å². The van der Waals surface area contributed by atoms with E-state index in [1.807, 2.05) is 0 Å². The standard InChI is InChI=1S/C9H10N4O2S2.C8H8O4/c1-6-11-12-9(16-6)13-17(14,15)8-4-2-7(10)3-5-8;1-12-7-4-5(8(10)11)2-3-6(7)9/h2-5H,10H2,1H3,(H,12,13);2-4,9H,1H3,(H,10,11). The summed E-state index contributed by atoms with van der Waals surface area (Å²) in [5.41, 5.74) is 6.09. The van der Waals surface area contributed by atoms with Crippen LogP contribution in [0.4, 0.5) is 10.8 Å². The predicted molar refractivity (Wildman–Crippen MR) is 108 cm³/mol. The highest BCUT2D eigenvalue weighted by atomic mass is 32.2. The molecule has 0 fully saturated rings. The van der Waals surface area contributed by atoms with Gasteiger partial charge < -0.3 is 20.7 Å². The van der Waals surface area contributed by atoms with Crippen molar-refractivity contribution < 1.29 is 28.2 Å². The largest absolute Gasteiger partial charge is 0.504 e. The van der Waals surface area contributed by atoms with E-state index in [4.69, 9.17) is 20.7 Å². The van der Waals surface area contributed by atoms with Gasteiger partial charge in [-0.05, 0) is 49.4 Å². The maximum Gasteiger partial charge on any atom is 0.335 e. The number of carbonyl (C=O) groups is 1. The van der Waals surface area contributed by atoms with E-state index in [9.17, 15) is 13.2 Å². The number of nitrogens with zero attached hydrogens (tertiary/aromatic N) is 2. The molecule has 1 heterocycles.